The third kappa shape index (κ3) is 6.02. The number of hydrogen-bond acceptors (Lipinski definition) is 5. The molecule has 0 aromatic heterocycles. The number of fused-ring (bicyclic) bond motifs is 3. The third-order valence-electron chi connectivity index (χ3n) is 5.81. The minimum Gasteiger partial charge on any atom is -0.480 e. The average molecular weight is 467 g/mol. The summed E-state index contributed by atoms with van der Waals surface area (Å²) < 4.78 is 10.6. The fourth-order valence-electron chi connectivity index (χ4n) is 4.14. The van der Waals surface area contributed by atoms with Gasteiger partial charge in [0.1, 0.15) is 18.7 Å². The number of hydrogen-bond donors (Lipinski definition) is 3. The fourth-order valence-corrected chi connectivity index (χ4v) is 4.14. The second-order valence-corrected chi connectivity index (χ2v) is 8.08. The molecule has 2 amide bonds. The van der Waals surface area contributed by atoms with Crippen LogP contribution < -0.4 is 10.6 Å². The number of carbonyl (C=O) groups is 3. The van der Waals surface area contributed by atoms with E-state index in [1.54, 1.807) is 7.11 Å². The number of methoxy groups -OCH3 is 1. The van der Waals surface area contributed by atoms with Crippen molar-refractivity contribution in [3.63, 3.8) is 0 Å². The first-order valence-corrected chi connectivity index (χ1v) is 11.2. The zero-order chi connectivity index (χ0) is 24.5. The number of alkyl carbamates (subject to hydrolysis) is 1. The summed E-state index contributed by atoms with van der Waals surface area (Å²) in [5.41, 5.74) is 4.40. The topological polar surface area (TPSA) is 114 Å². The Kier molecular flexibility index (Phi) is 8.81. The van der Waals surface area contributed by atoms with Crippen LogP contribution in [0.1, 0.15) is 36.3 Å². The number of amides is 2. The third-order valence-corrected chi connectivity index (χ3v) is 5.81. The smallest absolute Gasteiger partial charge is 0.407 e. The van der Waals surface area contributed by atoms with E-state index in [-0.39, 0.29) is 25.4 Å². The van der Waals surface area contributed by atoms with Gasteiger partial charge in [0, 0.05) is 19.6 Å². The highest BCUT2D eigenvalue weighted by atomic mass is 16.5. The zero-order valence-electron chi connectivity index (χ0n) is 19.2. The summed E-state index contributed by atoms with van der Waals surface area (Å²) in [6.07, 6.45) is 1.51. The number of carboxylic acids is 1. The van der Waals surface area contributed by atoms with Crippen LogP contribution in [0.3, 0.4) is 0 Å². The number of rotatable bonds is 12. The normalized spacial score (nSPS) is 13.8. The standard InChI is InChI=1S/C26H30N2O6/c1-3-9-23(25(30)31)27-24(29)22(14-8-15-33-2)28-26(32)34-16-21-19-12-6-4-10-17(19)18-11-5-7-13-20(18)21/h3-7,10-13,21-23H,1,8-9,14-16H2,2H3,(H,27,29)(H,28,32)(H,30,31). The minimum absolute atomic E-state index is 0.0663. The van der Waals surface area contributed by atoms with Crippen LogP contribution >= 0.6 is 0 Å². The molecule has 0 bridgehead atoms. The van der Waals surface area contributed by atoms with E-state index >= 15 is 0 Å². The highest BCUT2D eigenvalue weighted by Gasteiger charge is 2.30. The summed E-state index contributed by atoms with van der Waals surface area (Å²) in [5.74, 6) is -1.88. The van der Waals surface area contributed by atoms with E-state index < -0.39 is 30.1 Å². The Bertz CT molecular complexity index is 992. The summed E-state index contributed by atoms with van der Waals surface area (Å²) in [7, 11) is 1.54. The Morgan fingerprint density at radius 2 is 1.65 bits per heavy atom. The molecule has 2 unspecified atom stereocenters. The molecule has 1 aliphatic carbocycles. The minimum atomic E-state index is -1.18. The van der Waals surface area contributed by atoms with Crippen molar-refractivity contribution in [3.8, 4) is 11.1 Å². The van der Waals surface area contributed by atoms with Gasteiger partial charge in [0.15, 0.2) is 0 Å². The molecular formula is C26H30N2O6. The quantitative estimate of drug-likeness (QED) is 0.326. The maximum Gasteiger partial charge on any atom is 0.407 e. The van der Waals surface area contributed by atoms with Crippen molar-refractivity contribution < 1.29 is 29.0 Å². The maximum absolute atomic E-state index is 12.7. The largest absolute Gasteiger partial charge is 0.480 e. The van der Waals surface area contributed by atoms with Crippen LogP contribution in [0.4, 0.5) is 4.79 Å². The van der Waals surface area contributed by atoms with Gasteiger partial charge in [-0.05, 0) is 41.5 Å². The van der Waals surface area contributed by atoms with Gasteiger partial charge >= 0.3 is 12.1 Å². The molecule has 0 saturated heterocycles. The van der Waals surface area contributed by atoms with Crippen molar-refractivity contribution in [1.82, 2.24) is 10.6 Å². The second kappa shape index (κ2) is 12.0. The van der Waals surface area contributed by atoms with E-state index in [1.807, 2.05) is 48.5 Å². The molecule has 2 aromatic carbocycles. The van der Waals surface area contributed by atoms with Crippen LogP contribution in [0.25, 0.3) is 11.1 Å². The SMILES string of the molecule is C=CCC(NC(=O)C(CCCOC)NC(=O)OCC1c2ccccc2-c2ccccc21)C(=O)O. The van der Waals surface area contributed by atoms with Crippen LogP contribution in [0, 0.1) is 0 Å². The van der Waals surface area contributed by atoms with Crippen molar-refractivity contribution in [2.45, 2.75) is 37.3 Å². The highest BCUT2D eigenvalue weighted by Crippen LogP contribution is 2.44. The molecule has 3 N–H and O–H groups in total. The molecule has 0 saturated carbocycles. The van der Waals surface area contributed by atoms with Crippen LogP contribution in [0.15, 0.2) is 61.2 Å². The molecule has 180 valence electrons. The van der Waals surface area contributed by atoms with E-state index in [9.17, 15) is 19.5 Å². The molecule has 2 atom stereocenters. The summed E-state index contributed by atoms with van der Waals surface area (Å²) >= 11 is 0. The van der Waals surface area contributed by atoms with E-state index in [0.717, 1.165) is 22.3 Å². The first kappa shape index (κ1) is 25.0. The molecular weight excluding hydrogens is 436 g/mol. The molecule has 0 spiro atoms. The van der Waals surface area contributed by atoms with E-state index in [0.29, 0.717) is 13.0 Å². The summed E-state index contributed by atoms with van der Waals surface area (Å²) in [5, 5.41) is 14.3. The van der Waals surface area contributed by atoms with Crippen LogP contribution in [0.5, 0.6) is 0 Å². The number of benzene rings is 2. The van der Waals surface area contributed by atoms with Gasteiger partial charge in [-0.3, -0.25) is 4.79 Å². The summed E-state index contributed by atoms with van der Waals surface area (Å²) in [6.45, 7) is 4.02. The number of nitrogens with one attached hydrogen (secondary N) is 2. The van der Waals surface area contributed by atoms with Crippen LogP contribution in [-0.4, -0.2) is 55.5 Å². The first-order valence-electron chi connectivity index (χ1n) is 11.2. The molecule has 0 fully saturated rings. The van der Waals surface area contributed by atoms with Crippen LogP contribution in [0.2, 0.25) is 0 Å². The van der Waals surface area contributed by atoms with E-state index in [1.165, 1.54) is 6.08 Å². The van der Waals surface area contributed by atoms with Crippen molar-refractivity contribution in [2.24, 2.45) is 0 Å². The fraction of sp³-hybridized carbons (Fsp3) is 0.346. The predicted octanol–water partition coefficient (Wildman–Crippen LogP) is 3.47. The van der Waals surface area contributed by atoms with Crippen molar-refractivity contribution in [2.75, 3.05) is 20.3 Å². The Hall–Kier alpha value is -3.65. The molecule has 0 heterocycles. The Morgan fingerprint density at radius 1 is 1.03 bits per heavy atom. The molecule has 8 nitrogen and oxygen atoms in total. The molecule has 3 rings (SSSR count). The summed E-state index contributed by atoms with van der Waals surface area (Å²) in [6, 6.07) is 13.9. The van der Waals surface area contributed by atoms with Crippen molar-refractivity contribution >= 4 is 18.0 Å². The molecule has 8 heteroatoms. The lowest BCUT2D eigenvalue weighted by molar-refractivity contribution is -0.142. The Balaban J connectivity index is 1.66. The van der Waals surface area contributed by atoms with Gasteiger partial charge in [-0.25, -0.2) is 9.59 Å². The van der Waals surface area contributed by atoms with Gasteiger partial charge in [-0.1, -0.05) is 54.6 Å². The van der Waals surface area contributed by atoms with Crippen molar-refractivity contribution in [1.29, 1.82) is 0 Å². The summed E-state index contributed by atoms with van der Waals surface area (Å²) in [4.78, 5) is 36.8. The molecule has 2 aromatic rings. The lowest BCUT2D eigenvalue weighted by atomic mass is 9.98. The number of aliphatic carboxylic acids is 1. The Morgan fingerprint density at radius 3 is 2.21 bits per heavy atom. The molecule has 34 heavy (non-hydrogen) atoms. The number of carbonyl (C=O) groups excluding carboxylic acids is 2. The predicted molar refractivity (Wildman–Crippen MR) is 127 cm³/mol. The van der Waals surface area contributed by atoms with Gasteiger partial charge in [0.2, 0.25) is 5.91 Å². The zero-order valence-corrected chi connectivity index (χ0v) is 19.2. The van der Waals surface area contributed by atoms with Gasteiger partial charge in [-0.15, -0.1) is 6.58 Å². The van der Waals surface area contributed by atoms with Crippen LogP contribution in [-0.2, 0) is 19.1 Å². The molecule has 1 aliphatic rings. The van der Waals surface area contributed by atoms with E-state index in [2.05, 4.69) is 17.2 Å². The molecule has 0 radical (unpaired) electrons. The molecule has 0 aliphatic heterocycles. The van der Waals surface area contributed by atoms with Gasteiger partial charge in [0.05, 0.1) is 0 Å². The van der Waals surface area contributed by atoms with Crippen molar-refractivity contribution in [3.05, 3.63) is 72.3 Å². The number of ether oxygens (including phenoxy) is 2. The Labute approximate surface area is 199 Å². The monoisotopic (exact) mass is 466 g/mol. The maximum atomic E-state index is 12.7. The van der Waals surface area contributed by atoms with E-state index in [4.69, 9.17) is 9.47 Å². The second-order valence-electron chi connectivity index (χ2n) is 8.08. The number of carboxylic acid groups (broad SMARTS) is 1. The first-order chi connectivity index (χ1) is 16.5. The van der Waals surface area contributed by atoms with Gasteiger partial charge in [0.25, 0.3) is 0 Å². The van der Waals surface area contributed by atoms with Gasteiger partial charge < -0.3 is 25.2 Å². The highest BCUT2D eigenvalue weighted by molar-refractivity contribution is 5.89. The lowest BCUT2D eigenvalue weighted by Crippen LogP contribution is -2.51. The average Bonchev–Trinajstić information content (AvgIpc) is 3.15. The van der Waals surface area contributed by atoms with Gasteiger partial charge in [-0.2, -0.15) is 0 Å². The lowest BCUT2D eigenvalue weighted by Gasteiger charge is -2.21.